The standard InChI is InChI=1S/C15H22N2O2/c16-14(18)11-6-13-12-3-4-15(9-19-15)7-10(12)2-1-5-17(13)8-11/h3-4,10-13H,1-2,5-9H2,(H2,16,18). The van der Waals surface area contributed by atoms with Crippen LogP contribution >= 0.6 is 0 Å². The van der Waals surface area contributed by atoms with Crippen LogP contribution in [0.15, 0.2) is 12.2 Å². The van der Waals surface area contributed by atoms with Crippen molar-refractivity contribution < 1.29 is 9.53 Å². The number of carbonyl (C=O) groups is 1. The Hall–Kier alpha value is -0.870. The molecule has 0 aromatic heterocycles. The Morgan fingerprint density at radius 3 is 3.05 bits per heavy atom. The van der Waals surface area contributed by atoms with Crippen LogP contribution in [0.1, 0.15) is 25.7 Å². The number of fused-ring (bicyclic) bond motifs is 3. The molecule has 4 rings (SSSR count). The minimum Gasteiger partial charge on any atom is -0.369 e. The fourth-order valence-electron chi connectivity index (χ4n) is 4.49. The Morgan fingerprint density at radius 1 is 1.47 bits per heavy atom. The summed E-state index contributed by atoms with van der Waals surface area (Å²) in [5, 5.41) is 0. The molecule has 0 radical (unpaired) electrons. The highest BCUT2D eigenvalue weighted by molar-refractivity contribution is 5.77. The molecule has 104 valence electrons. The summed E-state index contributed by atoms with van der Waals surface area (Å²) >= 11 is 0. The van der Waals surface area contributed by atoms with Crippen molar-refractivity contribution in [2.75, 3.05) is 19.7 Å². The van der Waals surface area contributed by atoms with Crippen molar-refractivity contribution in [2.24, 2.45) is 23.5 Å². The van der Waals surface area contributed by atoms with Gasteiger partial charge in [0, 0.05) is 12.6 Å². The summed E-state index contributed by atoms with van der Waals surface area (Å²) in [4.78, 5) is 14.0. The van der Waals surface area contributed by atoms with Gasteiger partial charge in [-0.05, 0) is 44.1 Å². The van der Waals surface area contributed by atoms with Crippen molar-refractivity contribution in [1.29, 1.82) is 0 Å². The van der Waals surface area contributed by atoms with Crippen LogP contribution in [0, 0.1) is 17.8 Å². The lowest BCUT2D eigenvalue weighted by molar-refractivity contribution is -0.121. The van der Waals surface area contributed by atoms with Crippen LogP contribution < -0.4 is 5.73 Å². The lowest BCUT2D eigenvalue weighted by atomic mass is 9.73. The summed E-state index contributed by atoms with van der Waals surface area (Å²) in [6.07, 6.45) is 9.35. The quantitative estimate of drug-likeness (QED) is 0.564. The predicted octanol–water partition coefficient (Wildman–Crippen LogP) is 0.917. The van der Waals surface area contributed by atoms with E-state index in [9.17, 15) is 4.79 Å². The number of hydrogen-bond donors (Lipinski definition) is 1. The first-order valence-electron chi connectivity index (χ1n) is 7.54. The molecule has 1 aliphatic carbocycles. The summed E-state index contributed by atoms with van der Waals surface area (Å²) in [5.41, 5.74) is 5.60. The van der Waals surface area contributed by atoms with E-state index >= 15 is 0 Å². The van der Waals surface area contributed by atoms with E-state index < -0.39 is 0 Å². The van der Waals surface area contributed by atoms with E-state index in [0.29, 0.717) is 12.0 Å². The predicted molar refractivity (Wildman–Crippen MR) is 71.3 cm³/mol. The zero-order valence-electron chi connectivity index (χ0n) is 11.3. The third kappa shape index (κ3) is 1.93. The molecule has 5 unspecified atom stereocenters. The molecule has 1 spiro atoms. The van der Waals surface area contributed by atoms with E-state index in [1.807, 2.05) is 0 Å². The summed E-state index contributed by atoms with van der Waals surface area (Å²) < 4.78 is 5.62. The second-order valence-electron chi connectivity index (χ2n) is 6.79. The average Bonchev–Trinajstić information content (AvgIpc) is 3.03. The SMILES string of the molecule is NC(=O)C1CC2C3C=CC4(CO4)CC3CCCN2C1. The highest BCUT2D eigenvalue weighted by atomic mass is 16.6. The molecule has 3 saturated heterocycles. The molecular weight excluding hydrogens is 240 g/mol. The summed E-state index contributed by atoms with van der Waals surface area (Å²) in [7, 11) is 0. The van der Waals surface area contributed by atoms with E-state index in [2.05, 4.69) is 17.1 Å². The van der Waals surface area contributed by atoms with Gasteiger partial charge in [-0.3, -0.25) is 9.69 Å². The van der Waals surface area contributed by atoms with Crippen LogP contribution in [0.2, 0.25) is 0 Å². The van der Waals surface area contributed by atoms with E-state index in [0.717, 1.165) is 32.0 Å². The van der Waals surface area contributed by atoms with E-state index in [1.165, 1.54) is 19.3 Å². The molecule has 19 heavy (non-hydrogen) atoms. The van der Waals surface area contributed by atoms with Crippen LogP contribution in [0.3, 0.4) is 0 Å². The van der Waals surface area contributed by atoms with Crippen LogP contribution in [-0.4, -0.2) is 42.1 Å². The molecule has 0 saturated carbocycles. The Bertz CT molecular complexity index is 430. The molecule has 3 fully saturated rings. The van der Waals surface area contributed by atoms with Crippen molar-refractivity contribution in [3.8, 4) is 0 Å². The fourth-order valence-corrected chi connectivity index (χ4v) is 4.49. The Balaban J connectivity index is 1.59. The largest absolute Gasteiger partial charge is 0.369 e. The van der Waals surface area contributed by atoms with Crippen molar-refractivity contribution in [1.82, 2.24) is 4.90 Å². The lowest BCUT2D eigenvalue weighted by Crippen LogP contribution is -2.38. The van der Waals surface area contributed by atoms with Gasteiger partial charge < -0.3 is 10.5 Å². The molecule has 4 heteroatoms. The molecule has 4 aliphatic rings. The van der Waals surface area contributed by atoms with Gasteiger partial charge in [0.25, 0.3) is 0 Å². The molecule has 3 aliphatic heterocycles. The second kappa shape index (κ2) is 4.06. The van der Waals surface area contributed by atoms with Crippen LogP contribution in [0.25, 0.3) is 0 Å². The fraction of sp³-hybridized carbons (Fsp3) is 0.800. The monoisotopic (exact) mass is 262 g/mol. The van der Waals surface area contributed by atoms with E-state index in [1.54, 1.807) is 0 Å². The Kier molecular flexibility index (Phi) is 2.55. The molecule has 0 aromatic rings. The molecule has 0 aromatic carbocycles. The molecule has 5 atom stereocenters. The van der Waals surface area contributed by atoms with Crippen LogP contribution in [0.5, 0.6) is 0 Å². The molecule has 4 nitrogen and oxygen atoms in total. The zero-order chi connectivity index (χ0) is 13.0. The number of nitrogens with zero attached hydrogens (tertiary/aromatic N) is 1. The third-order valence-corrected chi connectivity index (χ3v) is 5.61. The average molecular weight is 262 g/mol. The highest BCUT2D eigenvalue weighted by Gasteiger charge is 2.51. The van der Waals surface area contributed by atoms with Crippen molar-refractivity contribution in [3.63, 3.8) is 0 Å². The maximum absolute atomic E-state index is 11.5. The van der Waals surface area contributed by atoms with Crippen molar-refractivity contribution >= 4 is 5.91 Å². The van der Waals surface area contributed by atoms with E-state index in [4.69, 9.17) is 10.5 Å². The maximum Gasteiger partial charge on any atom is 0.221 e. The number of epoxide rings is 1. The maximum atomic E-state index is 11.5. The minimum absolute atomic E-state index is 0.0604. The van der Waals surface area contributed by atoms with Crippen LogP contribution in [0.4, 0.5) is 0 Å². The van der Waals surface area contributed by atoms with Gasteiger partial charge in [0.05, 0.1) is 12.5 Å². The van der Waals surface area contributed by atoms with E-state index in [-0.39, 0.29) is 17.4 Å². The molecular formula is C15H22N2O2. The van der Waals surface area contributed by atoms with Crippen LogP contribution in [-0.2, 0) is 9.53 Å². The molecule has 1 amide bonds. The summed E-state index contributed by atoms with van der Waals surface area (Å²) in [6.45, 7) is 2.91. The summed E-state index contributed by atoms with van der Waals surface area (Å²) in [6, 6.07) is 0.525. The number of hydrogen-bond acceptors (Lipinski definition) is 3. The molecule has 0 bridgehead atoms. The minimum atomic E-state index is -0.119. The van der Waals surface area contributed by atoms with Gasteiger partial charge in [-0.15, -0.1) is 0 Å². The van der Waals surface area contributed by atoms with Gasteiger partial charge in [0.1, 0.15) is 5.60 Å². The topological polar surface area (TPSA) is 58.9 Å². The van der Waals surface area contributed by atoms with Gasteiger partial charge in [-0.2, -0.15) is 0 Å². The Morgan fingerprint density at radius 2 is 2.32 bits per heavy atom. The first kappa shape index (κ1) is 11.9. The number of rotatable bonds is 1. The van der Waals surface area contributed by atoms with Gasteiger partial charge >= 0.3 is 0 Å². The first-order chi connectivity index (χ1) is 9.17. The lowest BCUT2D eigenvalue weighted by Gasteiger charge is -2.35. The Labute approximate surface area is 114 Å². The van der Waals surface area contributed by atoms with Crippen molar-refractivity contribution in [2.45, 2.75) is 37.3 Å². The van der Waals surface area contributed by atoms with Gasteiger partial charge in [-0.25, -0.2) is 0 Å². The smallest absolute Gasteiger partial charge is 0.221 e. The molecule has 2 N–H and O–H groups in total. The first-order valence-corrected chi connectivity index (χ1v) is 7.54. The normalized spacial score (nSPS) is 48.6. The molecule has 3 heterocycles. The third-order valence-electron chi connectivity index (χ3n) is 5.61. The number of carbonyl (C=O) groups excluding carboxylic acids is 1. The zero-order valence-corrected chi connectivity index (χ0v) is 11.3. The van der Waals surface area contributed by atoms with Gasteiger partial charge in [-0.1, -0.05) is 12.2 Å². The summed E-state index contributed by atoms with van der Waals surface area (Å²) in [5.74, 6) is 1.27. The van der Waals surface area contributed by atoms with Crippen molar-refractivity contribution in [3.05, 3.63) is 12.2 Å². The van der Waals surface area contributed by atoms with Gasteiger partial charge in [0.15, 0.2) is 0 Å². The highest BCUT2D eigenvalue weighted by Crippen LogP contribution is 2.48. The number of amides is 1. The number of nitrogens with two attached hydrogens (primary N) is 1. The number of ether oxygens (including phenoxy) is 1. The second-order valence-corrected chi connectivity index (χ2v) is 6.79. The van der Waals surface area contributed by atoms with Gasteiger partial charge in [0.2, 0.25) is 5.91 Å². The number of primary amides is 1.